The number of hydrogen-bond donors (Lipinski definition) is 1. The largest absolute Gasteiger partial charge is 0.392 e. The molecule has 0 aromatic rings. The number of aliphatic hydroxyl groups is 1. The molecular formula is C12H24O3. The van der Waals surface area contributed by atoms with Gasteiger partial charge >= 0.3 is 0 Å². The predicted molar refractivity (Wildman–Crippen MR) is 59.8 cm³/mol. The Morgan fingerprint density at radius 3 is 2.40 bits per heavy atom. The van der Waals surface area contributed by atoms with Crippen LogP contribution in [0.1, 0.15) is 40.5 Å². The van der Waals surface area contributed by atoms with Gasteiger partial charge in [0.25, 0.3) is 0 Å². The Bertz CT molecular complexity index is 211. The minimum absolute atomic E-state index is 0.0861. The topological polar surface area (TPSA) is 38.7 Å². The third-order valence-corrected chi connectivity index (χ3v) is 3.70. The minimum atomic E-state index is -0.210. The van der Waals surface area contributed by atoms with Crippen molar-refractivity contribution < 1.29 is 14.6 Å². The van der Waals surface area contributed by atoms with E-state index >= 15 is 0 Å². The highest BCUT2D eigenvalue weighted by Crippen LogP contribution is 2.42. The van der Waals surface area contributed by atoms with Gasteiger partial charge in [-0.15, -0.1) is 0 Å². The van der Waals surface area contributed by atoms with Crippen LogP contribution in [-0.4, -0.2) is 36.6 Å². The summed E-state index contributed by atoms with van der Waals surface area (Å²) in [5.74, 6) is 0. The summed E-state index contributed by atoms with van der Waals surface area (Å²) in [7, 11) is 1.72. The van der Waals surface area contributed by atoms with Crippen molar-refractivity contribution in [1.29, 1.82) is 0 Å². The van der Waals surface area contributed by atoms with Crippen LogP contribution >= 0.6 is 0 Å². The van der Waals surface area contributed by atoms with Crippen molar-refractivity contribution in [1.82, 2.24) is 0 Å². The highest BCUT2D eigenvalue weighted by molar-refractivity contribution is 4.98. The van der Waals surface area contributed by atoms with Crippen molar-refractivity contribution in [2.75, 3.05) is 13.7 Å². The van der Waals surface area contributed by atoms with E-state index in [0.717, 1.165) is 12.8 Å². The molecule has 15 heavy (non-hydrogen) atoms. The number of rotatable bonds is 5. The molecule has 0 aromatic carbocycles. The number of aliphatic hydroxyl groups excluding tert-OH is 1. The molecule has 1 rings (SSSR count). The van der Waals surface area contributed by atoms with Gasteiger partial charge in [0.1, 0.15) is 0 Å². The van der Waals surface area contributed by atoms with Crippen LogP contribution in [0.15, 0.2) is 0 Å². The zero-order chi connectivity index (χ0) is 11.7. The molecule has 2 unspecified atom stereocenters. The lowest BCUT2D eigenvalue weighted by Gasteiger charge is -2.48. The summed E-state index contributed by atoms with van der Waals surface area (Å²) in [5, 5.41) is 9.55. The molecular weight excluding hydrogens is 192 g/mol. The van der Waals surface area contributed by atoms with Crippen molar-refractivity contribution in [2.45, 2.75) is 58.3 Å². The van der Waals surface area contributed by atoms with Gasteiger partial charge in [-0.3, -0.25) is 0 Å². The second-order valence-corrected chi connectivity index (χ2v) is 5.65. The number of methoxy groups -OCH3 is 1. The van der Waals surface area contributed by atoms with E-state index in [9.17, 15) is 5.11 Å². The Kier molecular flexibility index (Phi) is 3.80. The van der Waals surface area contributed by atoms with Gasteiger partial charge in [0.2, 0.25) is 0 Å². The summed E-state index contributed by atoms with van der Waals surface area (Å²) >= 11 is 0. The molecule has 1 aliphatic carbocycles. The smallest absolute Gasteiger partial charge is 0.0675 e. The van der Waals surface area contributed by atoms with E-state index in [1.807, 2.05) is 13.8 Å². The van der Waals surface area contributed by atoms with E-state index < -0.39 is 0 Å². The Morgan fingerprint density at radius 1 is 1.40 bits per heavy atom. The number of ether oxygens (including phenoxy) is 2. The van der Waals surface area contributed by atoms with Gasteiger partial charge in [0.15, 0.2) is 0 Å². The van der Waals surface area contributed by atoms with Crippen molar-refractivity contribution in [3.63, 3.8) is 0 Å². The third-order valence-electron chi connectivity index (χ3n) is 3.70. The quantitative estimate of drug-likeness (QED) is 0.763. The van der Waals surface area contributed by atoms with Gasteiger partial charge in [-0.2, -0.15) is 0 Å². The van der Waals surface area contributed by atoms with Gasteiger partial charge < -0.3 is 14.6 Å². The molecule has 2 atom stereocenters. The summed E-state index contributed by atoms with van der Waals surface area (Å²) in [4.78, 5) is 0. The fraction of sp³-hybridized carbons (Fsp3) is 1.00. The van der Waals surface area contributed by atoms with Crippen LogP contribution in [0, 0.1) is 5.41 Å². The second kappa shape index (κ2) is 4.40. The molecule has 0 aromatic heterocycles. The molecule has 1 fully saturated rings. The van der Waals surface area contributed by atoms with Gasteiger partial charge in [0, 0.05) is 25.6 Å². The molecule has 0 bridgehead atoms. The fourth-order valence-corrected chi connectivity index (χ4v) is 1.70. The maximum atomic E-state index is 9.55. The van der Waals surface area contributed by atoms with Crippen LogP contribution in [0.25, 0.3) is 0 Å². The average molecular weight is 216 g/mol. The monoisotopic (exact) mass is 216 g/mol. The maximum Gasteiger partial charge on any atom is 0.0675 e. The molecule has 3 nitrogen and oxygen atoms in total. The molecule has 1 saturated carbocycles. The highest BCUT2D eigenvalue weighted by Gasteiger charge is 2.48. The number of hydrogen-bond acceptors (Lipinski definition) is 3. The predicted octanol–water partition coefficient (Wildman–Crippen LogP) is 1.98. The summed E-state index contributed by atoms with van der Waals surface area (Å²) in [5.41, 5.74) is -0.205. The van der Waals surface area contributed by atoms with Crippen LogP contribution < -0.4 is 0 Å². The molecule has 0 amide bonds. The lowest BCUT2D eigenvalue weighted by molar-refractivity contribution is -0.179. The molecule has 1 aliphatic rings. The average Bonchev–Trinajstić information content (AvgIpc) is 2.16. The molecule has 90 valence electrons. The second-order valence-electron chi connectivity index (χ2n) is 5.65. The van der Waals surface area contributed by atoms with Crippen molar-refractivity contribution in [3.8, 4) is 0 Å². The molecule has 3 heteroatoms. The van der Waals surface area contributed by atoms with Crippen molar-refractivity contribution in [3.05, 3.63) is 0 Å². The van der Waals surface area contributed by atoms with Crippen molar-refractivity contribution >= 4 is 0 Å². The minimum Gasteiger partial charge on any atom is -0.392 e. The van der Waals surface area contributed by atoms with E-state index in [-0.39, 0.29) is 23.2 Å². The van der Waals surface area contributed by atoms with Crippen LogP contribution in [0.5, 0.6) is 0 Å². The van der Waals surface area contributed by atoms with E-state index in [1.165, 1.54) is 0 Å². The Labute approximate surface area is 92.8 Å². The summed E-state index contributed by atoms with van der Waals surface area (Å²) in [6, 6.07) is 0. The molecule has 0 spiro atoms. The standard InChI is InChI=1S/C12H24O3/c1-11(2,14-5)6-7-15-10-8-9(13)12(10,3)4/h9-10,13H,6-8H2,1-5H3. The molecule has 0 radical (unpaired) electrons. The van der Waals surface area contributed by atoms with Gasteiger partial charge in [-0.1, -0.05) is 13.8 Å². The first-order valence-corrected chi connectivity index (χ1v) is 5.64. The molecule has 0 aliphatic heterocycles. The zero-order valence-corrected chi connectivity index (χ0v) is 10.5. The first-order valence-electron chi connectivity index (χ1n) is 5.64. The van der Waals surface area contributed by atoms with Crippen LogP contribution in [-0.2, 0) is 9.47 Å². The molecule has 0 heterocycles. The first-order chi connectivity index (χ1) is 6.79. The third kappa shape index (κ3) is 2.92. The Balaban J connectivity index is 2.23. The van der Waals surface area contributed by atoms with E-state index in [2.05, 4.69) is 13.8 Å². The van der Waals surface area contributed by atoms with Crippen molar-refractivity contribution in [2.24, 2.45) is 5.41 Å². The summed E-state index contributed by atoms with van der Waals surface area (Å²) in [6.45, 7) is 8.90. The molecule has 1 N–H and O–H groups in total. The fourth-order valence-electron chi connectivity index (χ4n) is 1.70. The van der Waals surface area contributed by atoms with Gasteiger partial charge in [-0.25, -0.2) is 0 Å². The lowest BCUT2D eigenvalue weighted by Crippen LogP contribution is -2.54. The summed E-state index contributed by atoms with van der Waals surface area (Å²) in [6.07, 6.45) is 1.63. The SMILES string of the molecule is COC(C)(C)CCOC1CC(O)C1(C)C. The first kappa shape index (κ1) is 12.9. The van der Waals surface area contributed by atoms with Gasteiger partial charge in [-0.05, 0) is 20.3 Å². The Morgan fingerprint density at radius 2 is 2.00 bits per heavy atom. The lowest BCUT2D eigenvalue weighted by atomic mass is 9.66. The van der Waals surface area contributed by atoms with Gasteiger partial charge in [0.05, 0.1) is 17.8 Å². The highest BCUT2D eigenvalue weighted by atomic mass is 16.5. The zero-order valence-electron chi connectivity index (χ0n) is 10.5. The summed E-state index contributed by atoms with van der Waals surface area (Å²) < 4.78 is 11.1. The van der Waals surface area contributed by atoms with Crippen LogP contribution in [0.4, 0.5) is 0 Å². The Hall–Kier alpha value is -0.120. The van der Waals surface area contributed by atoms with Crippen LogP contribution in [0.2, 0.25) is 0 Å². The maximum absolute atomic E-state index is 9.55. The normalized spacial score (nSPS) is 30.0. The van der Waals surface area contributed by atoms with Crippen LogP contribution in [0.3, 0.4) is 0 Å². The van der Waals surface area contributed by atoms with E-state index in [4.69, 9.17) is 9.47 Å². The van der Waals surface area contributed by atoms with E-state index in [1.54, 1.807) is 7.11 Å². The van der Waals surface area contributed by atoms with E-state index in [0.29, 0.717) is 6.61 Å². The molecule has 0 saturated heterocycles.